The Morgan fingerprint density at radius 1 is 1.10 bits per heavy atom. The molecule has 0 aliphatic carbocycles. The molecular formula is C20H27N3O6. The average molecular weight is 405 g/mol. The molecule has 0 saturated heterocycles. The molecule has 9 heteroatoms. The Bertz CT molecular complexity index is 881. The zero-order valence-corrected chi connectivity index (χ0v) is 17.8. The van der Waals surface area contributed by atoms with Crippen molar-refractivity contribution in [2.45, 2.75) is 33.3 Å². The summed E-state index contributed by atoms with van der Waals surface area (Å²) in [5, 5.41) is 7.01. The molecule has 9 nitrogen and oxygen atoms in total. The molecule has 29 heavy (non-hydrogen) atoms. The Morgan fingerprint density at radius 2 is 1.69 bits per heavy atom. The predicted molar refractivity (Wildman–Crippen MR) is 107 cm³/mol. The number of aromatic nitrogens is 2. The third kappa shape index (κ3) is 4.98. The molecule has 1 aromatic carbocycles. The van der Waals surface area contributed by atoms with Crippen LogP contribution in [0.2, 0.25) is 0 Å². The topological polar surface area (TPSA) is 101 Å². The summed E-state index contributed by atoms with van der Waals surface area (Å²) in [7, 11) is 6.28. The monoisotopic (exact) mass is 405 g/mol. The minimum absolute atomic E-state index is 0.0563. The van der Waals surface area contributed by atoms with Crippen LogP contribution in [0.1, 0.15) is 23.9 Å². The van der Waals surface area contributed by atoms with E-state index in [9.17, 15) is 9.59 Å². The van der Waals surface area contributed by atoms with Crippen LogP contribution in [0, 0.1) is 13.8 Å². The standard InChI is InChI=1S/C20H27N3O6/c1-11-18(12(2)23(4)22-11)21-20(25)13(3)29-17(24)10-14-8-15(26-5)19(28-7)16(9-14)27-6/h8-9,13H,10H2,1-7H3,(H,21,25)/t13-/m1/s1. The lowest BCUT2D eigenvalue weighted by Crippen LogP contribution is -2.30. The smallest absolute Gasteiger partial charge is 0.311 e. The van der Waals surface area contributed by atoms with Crippen LogP contribution >= 0.6 is 0 Å². The normalized spacial score (nSPS) is 11.6. The van der Waals surface area contributed by atoms with Crippen molar-refractivity contribution in [1.29, 1.82) is 0 Å². The Morgan fingerprint density at radius 3 is 2.14 bits per heavy atom. The second kappa shape index (κ2) is 9.31. The first-order valence-electron chi connectivity index (χ1n) is 9.01. The summed E-state index contributed by atoms with van der Waals surface area (Å²) in [4.78, 5) is 24.8. The number of esters is 1. The fourth-order valence-electron chi connectivity index (χ4n) is 2.88. The average Bonchev–Trinajstić information content (AvgIpc) is 2.92. The molecule has 1 atom stereocenters. The van der Waals surface area contributed by atoms with Crippen LogP contribution in [0.5, 0.6) is 17.2 Å². The number of rotatable bonds is 8. The molecule has 1 N–H and O–H groups in total. The molecule has 0 fully saturated rings. The minimum atomic E-state index is -0.969. The third-order valence-electron chi connectivity index (χ3n) is 4.51. The van der Waals surface area contributed by atoms with Crippen molar-refractivity contribution in [3.63, 3.8) is 0 Å². The number of anilines is 1. The van der Waals surface area contributed by atoms with E-state index in [0.29, 0.717) is 34.2 Å². The number of carbonyl (C=O) groups excluding carboxylic acids is 2. The van der Waals surface area contributed by atoms with Crippen LogP contribution < -0.4 is 19.5 Å². The summed E-state index contributed by atoms with van der Waals surface area (Å²) in [6, 6.07) is 3.32. The summed E-state index contributed by atoms with van der Waals surface area (Å²) in [5.74, 6) is 0.317. The quantitative estimate of drug-likeness (QED) is 0.672. The second-order valence-electron chi connectivity index (χ2n) is 6.50. The highest BCUT2D eigenvalue weighted by atomic mass is 16.5. The number of hydrogen-bond acceptors (Lipinski definition) is 7. The van der Waals surface area contributed by atoms with Crippen molar-refractivity contribution in [2.75, 3.05) is 26.6 Å². The van der Waals surface area contributed by atoms with Crippen LogP contribution in [0.3, 0.4) is 0 Å². The first-order chi connectivity index (χ1) is 13.7. The fraction of sp³-hybridized carbons (Fsp3) is 0.450. The maximum atomic E-state index is 12.4. The fourth-order valence-corrected chi connectivity index (χ4v) is 2.88. The second-order valence-corrected chi connectivity index (χ2v) is 6.50. The van der Waals surface area contributed by atoms with Crippen LogP contribution in [0.15, 0.2) is 12.1 Å². The highest BCUT2D eigenvalue weighted by Gasteiger charge is 2.22. The van der Waals surface area contributed by atoms with Crippen molar-refractivity contribution >= 4 is 17.6 Å². The number of benzene rings is 1. The molecule has 0 saturated carbocycles. The Hall–Kier alpha value is -3.23. The van der Waals surface area contributed by atoms with E-state index in [4.69, 9.17) is 18.9 Å². The van der Waals surface area contributed by atoms with E-state index in [2.05, 4.69) is 10.4 Å². The van der Waals surface area contributed by atoms with E-state index in [-0.39, 0.29) is 6.42 Å². The molecule has 1 heterocycles. The Balaban J connectivity index is 2.05. The van der Waals surface area contributed by atoms with Gasteiger partial charge in [0.2, 0.25) is 5.75 Å². The summed E-state index contributed by atoms with van der Waals surface area (Å²) >= 11 is 0. The summed E-state index contributed by atoms with van der Waals surface area (Å²) in [5.41, 5.74) is 2.72. The van der Waals surface area contributed by atoms with Gasteiger partial charge >= 0.3 is 5.97 Å². The number of carbonyl (C=O) groups is 2. The largest absolute Gasteiger partial charge is 0.493 e. The summed E-state index contributed by atoms with van der Waals surface area (Å²) < 4.78 is 22.8. The lowest BCUT2D eigenvalue weighted by atomic mass is 10.1. The third-order valence-corrected chi connectivity index (χ3v) is 4.51. The Labute approximate surface area is 169 Å². The van der Waals surface area contributed by atoms with Crippen molar-refractivity contribution in [1.82, 2.24) is 9.78 Å². The molecule has 1 amide bonds. The first-order valence-corrected chi connectivity index (χ1v) is 9.01. The summed E-state index contributed by atoms with van der Waals surface area (Å²) in [6.45, 7) is 5.16. The zero-order chi connectivity index (χ0) is 21.7. The summed E-state index contributed by atoms with van der Waals surface area (Å²) in [6.07, 6.45) is -1.03. The van der Waals surface area contributed by atoms with Gasteiger partial charge in [-0.1, -0.05) is 0 Å². The molecule has 0 radical (unpaired) electrons. The zero-order valence-electron chi connectivity index (χ0n) is 17.8. The van der Waals surface area contributed by atoms with Gasteiger partial charge in [-0.3, -0.25) is 14.3 Å². The van der Waals surface area contributed by atoms with Crippen LogP contribution in [0.25, 0.3) is 0 Å². The number of hydrogen-bond donors (Lipinski definition) is 1. The van der Waals surface area contributed by atoms with Gasteiger partial charge in [0, 0.05) is 7.05 Å². The molecule has 158 valence electrons. The van der Waals surface area contributed by atoms with Crippen molar-refractivity contribution < 1.29 is 28.5 Å². The van der Waals surface area contributed by atoms with E-state index in [1.165, 1.54) is 28.3 Å². The Kier molecular flexibility index (Phi) is 7.08. The predicted octanol–water partition coefficient (Wildman–Crippen LogP) is 2.18. The highest BCUT2D eigenvalue weighted by molar-refractivity contribution is 5.96. The number of nitrogens with zero attached hydrogens (tertiary/aromatic N) is 2. The maximum absolute atomic E-state index is 12.4. The highest BCUT2D eigenvalue weighted by Crippen LogP contribution is 2.38. The van der Waals surface area contributed by atoms with Crippen LogP contribution in [0.4, 0.5) is 5.69 Å². The van der Waals surface area contributed by atoms with Gasteiger partial charge in [0.25, 0.3) is 5.91 Å². The molecule has 0 aliphatic heterocycles. The lowest BCUT2D eigenvalue weighted by Gasteiger charge is -2.16. The van der Waals surface area contributed by atoms with Gasteiger partial charge in [0.05, 0.1) is 44.8 Å². The van der Waals surface area contributed by atoms with Gasteiger partial charge in [0.15, 0.2) is 17.6 Å². The number of nitrogens with one attached hydrogen (secondary N) is 1. The molecule has 0 bridgehead atoms. The van der Waals surface area contributed by atoms with E-state index < -0.39 is 18.0 Å². The van der Waals surface area contributed by atoms with Crippen LogP contribution in [-0.4, -0.2) is 49.1 Å². The van der Waals surface area contributed by atoms with E-state index in [1.807, 2.05) is 6.92 Å². The molecule has 0 aliphatic rings. The molecular weight excluding hydrogens is 378 g/mol. The molecule has 2 rings (SSSR count). The van der Waals surface area contributed by atoms with E-state index >= 15 is 0 Å². The number of methoxy groups -OCH3 is 3. The molecule has 2 aromatic rings. The van der Waals surface area contributed by atoms with Crippen LogP contribution in [-0.2, 0) is 27.8 Å². The van der Waals surface area contributed by atoms with E-state index in [0.717, 1.165) is 5.69 Å². The van der Waals surface area contributed by atoms with Crippen molar-refractivity contribution in [3.8, 4) is 17.2 Å². The van der Waals surface area contributed by atoms with E-state index in [1.54, 1.807) is 30.8 Å². The SMILES string of the molecule is COc1cc(CC(=O)O[C@H](C)C(=O)Nc2c(C)nn(C)c2C)cc(OC)c1OC. The van der Waals surface area contributed by atoms with Gasteiger partial charge in [-0.2, -0.15) is 5.10 Å². The van der Waals surface area contributed by atoms with Gasteiger partial charge < -0.3 is 24.3 Å². The first kappa shape index (κ1) is 22.1. The molecule has 0 spiro atoms. The van der Waals surface area contributed by atoms with Gasteiger partial charge in [0.1, 0.15) is 0 Å². The maximum Gasteiger partial charge on any atom is 0.311 e. The van der Waals surface area contributed by atoms with Crippen molar-refractivity contribution in [3.05, 3.63) is 29.1 Å². The van der Waals surface area contributed by atoms with Gasteiger partial charge in [-0.15, -0.1) is 0 Å². The van der Waals surface area contributed by atoms with Gasteiger partial charge in [-0.25, -0.2) is 0 Å². The van der Waals surface area contributed by atoms with Gasteiger partial charge in [-0.05, 0) is 38.5 Å². The number of ether oxygens (including phenoxy) is 4. The molecule has 0 unspecified atom stereocenters. The van der Waals surface area contributed by atoms with Crippen molar-refractivity contribution in [2.24, 2.45) is 7.05 Å². The number of aryl methyl sites for hydroxylation is 2. The molecule has 1 aromatic heterocycles. The minimum Gasteiger partial charge on any atom is -0.493 e. The lowest BCUT2D eigenvalue weighted by molar-refractivity contribution is -0.152. The number of amides is 1.